The van der Waals surface area contributed by atoms with E-state index in [1.165, 1.54) is 4.31 Å². The van der Waals surface area contributed by atoms with Crippen LogP contribution in [-0.4, -0.2) is 38.9 Å². The smallest absolute Gasteiger partial charge is 0.218 e. The molecule has 0 spiro atoms. The van der Waals surface area contributed by atoms with Gasteiger partial charge in [0.25, 0.3) is 0 Å². The number of nitrogens with zero attached hydrogens (tertiary/aromatic N) is 2. The van der Waals surface area contributed by atoms with Crippen LogP contribution in [-0.2, 0) is 15.8 Å². The average Bonchev–Trinajstić information content (AvgIpc) is 2.27. The molecule has 0 saturated carbocycles. The first-order valence-electron chi connectivity index (χ1n) is 5.68. The number of hydrogen-bond donors (Lipinski definition) is 1. The van der Waals surface area contributed by atoms with E-state index in [0.29, 0.717) is 24.2 Å². The van der Waals surface area contributed by atoms with Crippen molar-refractivity contribution < 1.29 is 8.42 Å². The van der Waals surface area contributed by atoms with Crippen molar-refractivity contribution in [3.05, 3.63) is 35.4 Å². The lowest BCUT2D eigenvalue weighted by Crippen LogP contribution is -2.57. The maximum absolute atomic E-state index is 12.1. The molecule has 1 heterocycles. The van der Waals surface area contributed by atoms with Crippen LogP contribution in [0, 0.1) is 11.3 Å². The highest BCUT2D eigenvalue weighted by molar-refractivity contribution is 7.88. The van der Waals surface area contributed by atoms with Crippen molar-refractivity contribution in [2.24, 2.45) is 0 Å². The highest BCUT2D eigenvalue weighted by Crippen LogP contribution is 2.14. The molecule has 0 atom stereocenters. The predicted molar refractivity (Wildman–Crippen MR) is 68.2 cm³/mol. The number of nitrogens with one attached hydrogen (secondary N) is 1. The molecular formula is C12H15N3O2S. The number of likely N-dealkylation sites (N-methyl/N-ethyl adjacent to an activating group) is 1. The lowest BCUT2D eigenvalue weighted by Gasteiger charge is -2.34. The third kappa shape index (κ3) is 2.70. The molecule has 5 nitrogen and oxygen atoms in total. The van der Waals surface area contributed by atoms with E-state index in [-0.39, 0.29) is 11.8 Å². The van der Waals surface area contributed by atoms with Crippen LogP contribution < -0.4 is 5.32 Å². The molecule has 1 aromatic carbocycles. The third-order valence-corrected chi connectivity index (χ3v) is 5.02. The fraction of sp³-hybridized carbons (Fsp3) is 0.417. The van der Waals surface area contributed by atoms with Crippen molar-refractivity contribution in [2.45, 2.75) is 11.8 Å². The van der Waals surface area contributed by atoms with Crippen molar-refractivity contribution in [3.63, 3.8) is 0 Å². The monoisotopic (exact) mass is 265 g/mol. The van der Waals surface area contributed by atoms with Crippen molar-refractivity contribution in [3.8, 4) is 6.07 Å². The molecule has 0 aliphatic carbocycles. The van der Waals surface area contributed by atoms with Crippen LogP contribution in [0.3, 0.4) is 0 Å². The molecule has 2 rings (SSSR count). The quantitative estimate of drug-likeness (QED) is 0.849. The standard InChI is InChI=1S/C12H15N3O2S/c1-15(12-7-14-8-12)18(16,17)9-11-4-2-10(6-13)3-5-11/h2-5,12,14H,7-9H2,1H3. The van der Waals surface area contributed by atoms with Gasteiger partial charge in [-0.25, -0.2) is 8.42 Å². The Labute approximate surface area is 107 Å². The Morgan fingerprint density at radius 3 is 2.44 bits per heavy atom. The molecule has 1 aromatic rings. The van der Waals surface area contributed by atoms with Crippen molar-refractivity contribution in [1.29, 1.82) is 5.26 Å². The Bertz CT molecular complexity index is 556. The first-order valence-corrected chi connectivity index (χ1v) is 7.29. The maximum atomic E-state index is 12.1. The summed E-state index contributed by atoms with van der Waals surface area (Å²) in [6.07, 6.45) is 0. The summed E-state index contributed by atoms with van der Waals surface area (Å²) in [6.45, 7) is 1.42. The van der Waals surface area contributed by atoms with Gasteiger partial charge in [0.05, 0.1) is 17.4 Å². The summed E-state index contributed by atoms with van der Waals surface area (Å²) in [6, 6.07) is 8.71. The predicted octanol–water partition coefficient (Wildman–Crippen LogP) is 0.292. The van der Waals surface area contributed by atoms with E-state index in [2.05, 4.69) is 5.32 Å². The Balaban J connectivity index is 2.09. The number of sulfonamides is 1. The van der Waals surface area contributed by atoms with E-state index in [0.717, 1.165) is 0 Å². The fourth-order valence-electron chi connectivity index (χ4n) is 1.75. The second-order valence-corrected chi connectivity index (χ2v) is 6.42. The van der Waals surface area contributed by atoms with Gasteiger partial charge in [0.1, 0.15) is 0 Å². The average molecular weight is 265 g/mol. The fourth-order valence-corrected chi connectivity index (χ4v) is 3.17. The summed E-state index contributed by atoms with van der Waals surface area (Å²) in [7, 11) is -1.67. The van der Waals surface area contributed by atoms with Gasteiger partial charge in [0.2, 0.25) is 10.0 Å². The Morgan fingerprint density at radius 1 is 1.39 bits per heavy atom. The zero-order valence-electron chi connectivity index (χ0n) is 10.1. The molecule has 1 aliphatic heterocycles. The van der Waals surface area contributed by atoms with Crippen LogP contribution in [0.25, 0.3) is 0 Å². The number of rotatable bonds is 4. The molecule has 96 valence electrons. The van der Waals surface area contributed by atoms with Crippen LogP contribution in [0.4, 0.5) is 0 Å². The Kier molecular flexibility index (Phi) is 3.66. The van der Waals surface area contributed by atoms with Crippen LogP contribution in [0.5, 0.6) is 0 Å². The lowest BCUT2D eigenvalue weighted by molar-refractivity contribution is 0.274. The maximum Gasteiger partial charge on any atom is 0.218 e. The van der Waals surface area contributed by atoms with Gasteiger partial charge in [0, 0.05) is 26.2 Å². The second-order valence-electron chi connectivity index (χ2n) is 4.39. The van der Waals surface area contributed by atoms with Crippen LogP contribution >= 0.6 is 0 Å². The van der Waals surface area contributed by atoms with Crippen molar-refractivity contribution in [1.82, 2.24) is 9.62 Å². The van der Waals surface area contributed by atoms with Gasteiger partial charge in [0.15, 0.2) is 0 Å². The number of nitriles is 1. The minimum atomic E-state index is -3.28. The summed E-state index contributed by atoms with van der Waals surface area (Å²) in [5, 5.41) is 11.7. The molecule has 1 aliphatic rings. The molecule has 0 radical (unpaired) electrons. The van der Waals surface area contributed by atoms with Crippen molar-refractivity contribution >= 4 is 10.0 Å². The topological polar surface area (TPSA) is 73.2 Å². The minimum Gasteiger partial charge on any atom is -0.313 e. The SMILES string of the molecule is CN(C1CNC1)S(=O)(=O)Cc1ccc(C#N)cc1. The second kappa shape index (κ2) is 5.06. The lowest BCUT2D eigenvalue weighted by atomic mass is 10.2. The Hall–Kier alpha value is -1.42. The molecule has 0 bridgehead atoms. The molecule has 18 heavy (non-hydrogen) atoms. The molecule has 1 N–H and O–H groups in total. The molecule has 1 saturated heterocycles. The highest BCUT2D eigenvalue weighted by atomic mass is 32.2. The highest BCUT2D eigenvalue weighted by Gasteiger charge is 2.30. The van der Waals surface area contributed by atoms with Gasteiger partial charge in [-0.3, -0.25) is 0 Å². The van der Waals surface area contributed by atoms with Gasteiger partial charge in [-0.2, -0.15) is 9.57 Å². The van der Waals surface area contributed by atoms with Crippen LogP contribution in [0.2, 0.25) is 0 Å². The summed E-state index contributed by atoms with van der Waals surface area (Å²) in [5.41, 5.74) is 1.24. The Morgan fingerprint density at radius 2 is 2.00 bits per heavy atom. The molecule has 0 unspecified atom stereocenters. The molecular weight excluding hydrogens is 250 g/mol. The van der Waals surface area contributed by atoms with E-state index in [4.69, 9.17) is 5.26 Å². The molecule has 0 amide bonds. The van der Waals surface area contributed by atoms with E-state index < -0.39 is 10.0 Å². The summed E-state index contributed by atoms with van der Waals surface area (Å²) in [5.74, 6) is -0.0221. The van der Waals surface area contributed by atoms with Crippen LogP contribution in [0.1, 0.15) is 11.1 Å². The van der Waals surface area contributed by atoms with Crippen LogP contribution in [0.15, 0.2) is 24.3 Å². The first-order chi connectivity index (χ1) is 8.53. The molecule has 0 aromatic heterocycles. The zero-order valence-corrected chi connectivity index (χ0v) is 10.9. The zero-order chi connectivity index (χ0) is 13.2. The normalized spacial score (nSPS) is 16.3. The van der Waals surface area contributed by atoms with E-state index in [1.807, 2.05) is 6.07 Å². The van der Waals surface area contributed by atoms with E-state index >= 15 is 0 Å². The summed E-state index contributed by atoms with van der Waals surface area (Å²) >= 11 is 0. The largest absolute Gasteiger partial charge is 0.313 e. The molecule has 1 fully saturated rings. The first kappa shape index (κ1) is 13.0. The van der Waals surface area contributed by atoms with Gasteiger partial charge in [-0.15, -0.1) is 0 Å². The minimum absolute atomic E-state index is 0.0221. The summed E-state index contributed by atoms with van der Waals surface area (Å²) in [4.78, 5) is 0. The van der Waals surface area contributed by atoms with E-state index in [1.54, 1.807) is 31.3 Å². The molecule has 6 heteroatoms. The van der Waals surface area contributed by atoms with E-state index in [9.17, 15) is 8.42 Å². The van der Waals surface area contributed by atoms with Gasteiger partial charge in [-0.1, -0.05) is 12.1 Å². The summed E-state index contributed by atoms with van der Waals surface area (Å²) < 4.78 is 25.7. The van der Waals surface area contributed by atoms with Gasteiger partial charge < -0.3 is 5.32 Å². The number of hydrogen-bond acceptors (Lipinski definition) is 4. The van der Waals surface area contributed by atoms with Gasteiger partial charge >= 0.3 is 0 Å². The van der Waals surface area contributed by atoms with Crippen molar-refractivity contribution in [2.75, 3.05) is 20.1 Å². The van der Waals surface area contributed by atoms with Gasteiger partial charge in [-0.05, 0) is 17.7 Å². The number of benzene rings is 1. The third-order valence-electron chi connectivity index (χ3n) is 3.15.